The largest absolute Gasteiger partial charge is 0.494 e. The zero-order valence-electron chi connectivity index (χ0n) is 11.6. The molecule has 1 heterocycles. The Hall–Kier alpha value is -1.81. The highest BCUT2D eigenvalue weighted by molar-refractivity contribution is 9.10. The van der Waals surface area contributed by atoms with Gasteiger partial charge in [0.2, 0.25) is 0 Å². The lowest BCUT2D eigenvalue weighted by Gasteiger charge is -2.11. The molecule has 1 unspecified atom stereocenters. The van der Waals surface area contributed by atoms with Gasteiger partial charge in [0.25, 0.3) is 0 Å². The number of hydrogen-bond donors (Lipinski definition) is 0. The molecule has 1 aliphatic rings. The summed E-state index contributed by atoms with van der Waals surface area (Å²) in [5.41, 5.74) is 1.62. The van der Waals surface area contributed by atoms with Crippen molar-refractivity contribution in [1.82, 2.24) is 0 Å². The predicted molar refractivity (Wildman–Crippen MR) is 84.3 cm³/mol. The lowest BCUT2D eigenvalue weighted by molar-refractivity contribution is 0.0946. The number of carbonyl (C=O) groups excluding carboxylic acids is 1. The Balaban J connectivity index is 1.90. The fraction of sp³-hybridized carbons (Fsp3) is 0.235. The third-order valence-corrected chi connectivity index (χ3v) is 4.19. The van der Waals surface area contributed by atoms with Gasteiger partial charge in [0.15, 0.2) is 5.78 Å². The lowest BCUT2D eigenvalue weighted by Crippen LogP contribution is -2.15. The molecule has 4 heteroatoms. The van der Waals surface area contributed by atoms with Crippen LogP contribution in [0.5, 0.6) is 11.5 Å². The van der Waals surface area contributed by atoms with Crippen LogP contribution in [-0.4, -0.2) is 19.0 Å². The highest BCUT2D eigenvalue weighted by Crippen LogP contribution is 2.37. The van der Waals surface area contributed by atoms with E-state index in [4.69, 9.17) is 9.47 Å². The number of rotatable bonds is 4. The second kappa shape index (κ2) is 5.90. The molecule has 0 amide bonds. The Morgan fingerprint density at radius 2 is 2.14 bits per heavy atom. The van der Waals surface area contributed by atoms with Crippen LogP contribution in [0.25, 0.3) is 0 Å². The SMILES string of the molecule is CCOc1ccc(C(=O)C2COc3ccccc32)c(Br)c1. The van der Waals surface area contributed by atoms with E-state index < -0.39 is 0 Å². The van der Waals surface area contributed by atoms with Gasteiger partial charge < -0.3 is 9.47 Å². The molecule has 0 saturated carbocycles. The average Bonchev–Trinajstić information content (AvgIpc) is 2.91. The van der Waals surface area contributed by atoms with Crippen LogP contribution in [0.4, 0.5) is 0 Å². The van der Waals surface area contributed by atoms with Gasteiger partial charge in [-0.05, 0) is 47.1 Å². The van der Waals surface area contributed by atoms with E-state index in [-0.39, 0.29) is 11.7 Å². The first-order valence-corrected chi connectivity index (χ1v) is 7.68. The minimum atomic E-state index is -0.240. The van der Waals surface area contributed by atoms with Gasteiger partial charge in [0.05, 0.1) is 12.5 Å². The summed E-state index contributed by atoms with van der Waals surface area (Å²) in [6.07, 6.45) is 0. The van der Waals surface area contributed by atoms with E-state index in [2.05, 4.69) is 15.9 Å². The molecule has 0 spiro atoms. The summed E-state index contributed by atoms with van der Waals surface area (Å²) in [6, 6.07) is 13.2. The molecule has 21 heavy (non-hydrogen) atoms. The van der Waals surface area contributed by atoms with Gasteiger partial charge in [-0.2, -0.15) is 0 Å². The number of halogens is 1. The molecule has 2 aromatic rings. The van der Waals surface area contributed by atoms with Gasteiger partial charge in [-0.3, -0.25) is 4.79 Å². The van der Waals surface area contributed by atoms with Crippen molar-refractivity contribution in [2.75, 3.05) is 13.2 Å². The van der Waals surface area contributed by atoms with Crippen molar-refractivity contribution in [3.63, 3.8) is 0 Å². The molecule has 1 aliphatic heterocycles. The van der Waals surface area contributed by atoms with Crippen molar-refractivity contribution in [2.45, 2.75) is 12.8 Å². The average molecular weight is 347 g/mol. The van der Waals surface area contributed by atoms with Gasteiger partial charge in [-0.1, -0.05) is 18.2 Å². The standard InChI is InChI=1S/C17H15BrO3/c1-2-20-11-7-8-13(15(18)9-11)17(19)14-10-21-16-6-4-3-5-12(14)16/h3-9,14H,2,10H2,1H3. The Morgan fingerprint density at radius 3 is 2.90 bits per heavy atom. The number of ketones is 1. The van der Waals surface area contributed by atoms with E-state index in [9.17, 15) is 4.79 Å². The minimum Gasteiger partial charge on any atom is -0.494 e. The molecule has 3 rings (SSSR count). The van der Waals surface area contributed by atoms with Crippen molar-refractivity contribution >= 4 is 21.7 Å². The lowest BCUT2D eigenvalue weighted by atomic mass is 9.92. The molecular formula is C17H15BrO3. The van der Waals surface area contributed by atoms with Gasteiger partial charge in [-0.15, -0.1) is 0 Å². The number of benzene rings is 2. The number of fused-ring (bicyclic) bond motifs is 1. The molecular weight excluding hydrogens is 332 g/mol. The summed E-state index contributed by atoms with van der Waals surface area (Å²) in [5.74, 6) is 1.38. The molecule has 1 atom stereocenters. The molecule has 0 saturated heterocycles. The van der Waals surface area contributed by atoms with E-state index >= 15 is 0 Å². The van der Waals surface area contributed by atoms with Crippen molar-refractivity contribution in [3.05, 3.63) is 58.1 Å². The highest BCUT2D eigenvalue weighted by Gasteiger charge is 2.31. The normalized spacial score (nSPS) is 16.2. The van der Waals surface area contributed by atoms with Crippen LogP contribution in [0.3, 0.4) is 0 Å². The third-order valence-electron chi connectivity index (χ3n) is 3.53. The number of hydrogen-bond acceptors (Lipinski definition) is 3. The maximum Gasteiger partial charge on any atom is 0.175 e. The van der Waals surface area contributed by atoms with E-state index in [0.717, 1.165) is 21.5 Å². The van der Waals surface area contributed by atoms with Crippen LogP contribution in [0.15, 0.2) is 46.9 Å². The second-order valence-electron chi connectivity index (χ2n) is 4.84. The second-order valence-corrected chi connectivity index (χ2v) is 5.69. The minimum absolute atomic E-state index is 0.0647. The van der Waals surface area contributed by atoms with Gasteiger partial charge in [-0.25, -0.2) is 0 Å². The molecule has 0 aromatic heterocycles. The summed E-state index contributed by atoms with van der Waals surface area (Å²) < 4.78 is 11.8. The topological polar surface area (TPSA) is 35.5 Å². The maximum atomic E-state index is 12.7. The molecule has 0 N–H and O–H groups in total. The van der Waals surface area contributed by atoms with Crippen LogP contribution in [0.2, 0.25) is 0 Å². The van der Waals surface area contributed by atoms with E-state index in [1.165, 1.54) is 0 Å². The highest BCUT2D eigenvalue weighted by atomic mass is 79.9. The maximum absolute atomic E-state index is 12.7. The van der Waals surface area contributed by atoms with Crippen molar-refractivity contribution in [3.8, 4) is 11.5 Å². The van der Waals surface area contributed by atoms with Gasteiger partial charge >= 0.3 is 0 Å². The molecule has 108 valence electrons. The molecule has 0 bridgehead atoms. The Morgan fingerprint density at radius 1 is 1.33 bits per heavy atom. The number of Topliss-reactive ketones (excluding diaryl/α,β-unsaturated/α-hetero) is 1. The van der Waals surface area contributed by atoms with Crippen molar-refractivity contribution in [2.24, 2.45) is 0 Å². The third kappa shape index (κ3) is 2.68. The van der Waals surface area contributed by atoms with Crippen molar-refractivity contribution < 1.29 is 14.3 Å². The predicted octanol–water partition coefficient (Wildman–Crippen LogP) is 4.21. The number of ether oxygens (including phenoxy) is 2. The summed E-state index contributed by atoms with van der Waals surface area (Å²) in [7, 11) is 0. The molecule has 0 fully saturated rings. The van der Waals surface area contributed by atoms with Gasteiger partial charge in [0.1, 0.15) is 18.1 Å². The quantitative estimate of drug-likeness (QED) is 0.778. The first kappa shape index (κ1) is 14.1. The smallest absolute Gasteiger partial charge is 0.175 e. The van der Waals surface area contributed by atoms with Crippen LogP contribution < -0.4 is 9.47 Å². The van der Waals surface area contributed by atoms with Gasteiger partial charge in [0, 0.05) is 15.6 Å². The Kier molecular flexibility index (Phi) is 3.97. The Bertz CT molecular complexity index is 681. The zero-order valence-corrected chi connectivity index (χ0v) is 13.2. The molecule has 0 aliphatic carbocycles. The first-order valence-electron chi connectivity index (χ1n) is 6.89. The monoisotopic (exact) mass is 346 g/mol. The van der Waals surface area contributed by atoms with Crippen LogP contribution in [-0.2, 0) is 0 Å². The van der Waals surface area contributed by atoms with E-state index in [1.54, 1.807) is 6.07 Å². The fourth-order valence-electron chi connectivity index (χ4n) is 2.52. The molecule has 0 radical (unpaired) electrons. The first-order chi connectivity index (χ1) is 10.2. The number of carbonyl (C=O) groups is 1. The fourth-order valence-corrected chi connectivity index (χ4v) is 3.07. The summed E-state index contributed by atoms with van der Waals surface area (Å²) in [4.78, 5) is 12.7. The molecule has 2 aromatic carbocycles. The molecule has 3 nitrogen and oxygen atoms in total. The van der Waals surface area contributed by atoms with Crippen LogP contribution in [0, 0.1) is 0 Å². The van der Waals surface area contributed by atoms with Crippen LogP contribution in [0.1, 0.15) is 28.8 Å². The summed E-state index contributed by atoms with van der Waals surface area (Å²) >= 11 is 3.46. The summed E-state index contributed by atoms with van der Waals surface area (Å²) in [5, 5.41) is 0. The van der Waals surface area contributed by atoms with E-state index in [0.29, 0.717) is 18.8 Å². The number of para-hydroxylation sites is 1. The zero-order chi connectivity index (χ0) is 14.8. The summed E-state index contributed by atoms with van der Waals surface area (Å²) in [6.45, 7) is 2.93. The van der Waals surface area contributed by atoms with E-state index in [1.807, 2.05) is 43.3 Å². The Labute approximate surface area is 132 Å². The van der Waals surface area contributed by atoms with Crippen molar-refractivity contribution in [1.29, 1.82) is 0 Å². The van der Waals surface area contributed by atoms with Crippen LogP contribution >= 0.6 is 15.9 Å².